The van der Waals surface area contributed by atoms with Crippen molar-refractivity contribution in [2.75, 3.05) is 20.3 Å². The normalized spacial score (nSPS) is 27.4. The molecule has 1 aromatic heterocycles. The average Bonchev–Trinajstić information content (AvgIpc) is 3.15. The molecular weight excluding hydrogens is 294 g/mol. The first-order valence-electron chi connectivity index (χ1n) is 8.14. The first-order chi connectivity index (χ1) is 11.2. The van der Waals surface area contributed by atoms with Crippen molar-refractivity contribution < 1.29 is 18.7 Å². The average molecular weight is 315 g/mol. The van der Waals surface area contributed by atoms with Crippen molar-refractivity contribution in [3.63, 3.8) is 0 Å². The number of fused-ring (bicyclic) bond motifs is 2. The summed E-state index contributed by atoms with van der Waals surface area (Å²) in [6.07, 6.45) is 1.89. The second kappa shape index (κ2) is 5.65. The monoisotopic (exact) mass is 315 g/mol. The van der Waals surface area contributed by atoms with E-state index in [9.17, 15) is 4.79 Å². The number of ether oxygens (including phenoxy) is 2. The summed E-state index contributed by atoms with van der Waals surface area (Å²) in [5.41, 5.74) is 1.68. The Morgan fingerprint density at radius 2 is 2.13 bits per heavy atom. The molecule has 4 rings (SSSR count). The van der Waals surface area contributed by atoms with Gasteiger partial charge in [0.05, 0.1) is 18.8 Å². The highest BCUT2D eigenvalue weighted by molar-refractivity contribution is 5.99. The molecule has 0 radical (unpaired) electrons. The lowest BCUT2D eigenvalue weighted by Gasteiger charge is -2.38. The molecule has 5 nitrogen and oxygen atoms in total. The first kappa shape index (κ1) is 14.7. The van der Waals surface area contributed by atoms with Gasteiger partial charge in [-0.1, -0.05) is 18.2 Å². The molecule has 5 heteroatoms. The second-order valence-electron chi connectivity index (χ2n) is 6.31. The minimum atomic E-state index is -0.0336. The van der Waals surface area contributed by atoms with E-state index >= 15 is 0 Å². The Labute approximate surface area is 135 Å². The molecule has 23 heavy (non-hydrogen) atoms. The number of para-hydroxylation sites is 1. The Morgan fingerprint density at radius 3 is 2.91 bits per heavy atom. The van der Waals surface area contributed by atoms with Gasteiger partial charge in [0, 0.05) is 24.6 Å². The zero-order valence-corrected chi connectivity index (χ0v) is 13.5. The lowest BCUT2D eigenvalue weighted by molar-refractivity contribution is -0.0950. The van der Waals surface area contributed by atoms with Crippen LogP contribution in [0.2, 0.25) is 0 Å². The summed E-state index contributed by atoms with van der Waals surface area (Å²) >= 11 is 0. The topological polar surface area (TPSA) is 51.9 Å². The van der Waals surface area contributed by atoms with Crippen LogP contribution in [0.1, 0.15) is 29.0 Å². The molecule has 2 fully saturated rings. The van der Waals surface area contributed by atoms with E-state index in [1.807, 2.05) is 36.1 Å². The fraction of sp³-hybridized carbons (Fsp3) is 0.500. The molecule has 1 saturated heterocycles. The van der Waals surface area contributed by atoms with Crippen molar-refractivity contribution in [2.24, 2.45) is 0 Å². The van der Waals surface area contributed by atoms with E-state index in [4.69, 9.17) is 13.9 Å². The molecular formula is C18H21NO4. The quantitative estimate of drug-likeness (QED) is 0.855. The standard InChI is InChI=1S/C18H21NO4/c1-11-12-5-3-4-6-14(12)23-16(11)18(20)19-9-10-22-17-13(19)7-8-15(17)21-2/h3-6,13,15,17H,7-10H2,1-2H3/t13-,15-,17+/m0/s1. The summed E-state index contributed by atoms with van der Waals surface area (Å²) in [7, 11) is 1.71. The van der Waals surface area contributed by atoms with Crippen LogP contribution in [0.5, 0.6) is 0 Å². The lowest BCUT2D eigenvalue weighted by Crippen LogP contribution is -2.53. The van der Waals surface area contributed by atoms with Gasteiger partial charge in [0.1, 0.15) is 11.7 Å². The lowest BCUT2D eigenvalue weighted by atomic mass is 10.1. The molecule has 2 heterocycles. The highest BCUT2D eigenvalue weighted by Crippen LogP contribution is 2.34. The van der Waals surface area contributed by atoms with Gasteiger partial charge in [-0.2, -0.15) is 0 Å². The third-order valence-corrected chi connectivity index (χ3v) is 5.14. The van der Waals surface area contributed by atoms with E-state index in [2.05, 4.69) is 0 Å². The molecule has 122 valence electrons. The van der Waals surface area contributed by atoms with Crippen molar-refractivity contribution in [2.45, 2.75) is 38.0 Å². The summed E-state index contributed by atoms with van der Waals surface area (Å²) < 4.78 is 17.2. The molecule has 2 aromatic rings. The number of nitrogens with zero attached hydrogens (tertiary/aromatic N) is 1. The van der Waals surface area contributed by atoms with Crippen LogP contribution >= 0.6 is 0 Å². The molecule has 3 atom stereocenters. The molecule has 2 aliphatic rings. The van der Waals surface area contributed by atoms with Crippen LogP contribution in [0.4, 0.5) is 0 Å². The fourth-order valence-corrected chi connectivity index (χ4v) is 3.93. The first-order valence-corrected chi connectivity index (χ1v) is 8.14. The maximum atomic E-state index is 13.1. The van der Waals surface area contributed by atoms with Gasteiger partial charge < -0.3 is 18.8 Å². The number of morpholine rings is 1. The van der Waals surface area contributed by atoms with Crippen LogP contribution in [0.3, 0.4) is 0 Å². The Bertz CT molecular complexity index is 738. The third-order valence-electron chi connectivity index (χ3n) is 5.14. The van der Waals surface area contributed by atoms with Crippen molar-refractivity contribution >= 4 is 16.9 Å². The van der Waals surface area contributed by atoms with E-state index in [1.165, 1.54) is 0 Å². The van der Waals surface area contributed by atoms with Crippen LogP contribution in [0.25, 0.3) is 11.0 Å². The van der Waals surface area contributed by atoms with E-state index in [0.717, 1.165) is 29.4 Å². The highest BCUT2D eigenvalue weighted by Gasteiger charge is 2.45. The number of benzene rings is 1. The Kier molecular flexibility index (Phi) is 3.62. The van der Waals surface area contributed by atoms with Crippen molar-refractivity contribution in [1.82, 2.24) is 4.90 Å². The van der Waals surface area contributed by atoms with Gasteiger partial charge in [-0.15, -0.1) is 0 Å². The van der Waals surface area contributed by atoms with Crippen molar-refractivity contribution in [1.29, 1.82) is 0 Å². The van der Waals surface area contributed by atoms with Crippen LogP contribution in [0, 0.1) is 6.92 Å². The summed E-state index contributed by atoms with van der Waals surface area (Å²) in [5.74, 6) is 0.418. The molecule has 1 aliphatic carbocycles. The van der Waals surface area contributed by atoms with Crippen molar-refractivity contribution in [3.05, 3.63) is 35.6 Å². The molecule has 1 amide bonds. The predicted molar refractivity (Wildman–Crippen MR) is 85.5 cm³/mol. The summed E-state index contributed by atoms with van der Waals surface area (Å²) in [5, 5.41) is 1.00. The largest absolute Gasteiger partial charge is 0.451 e. The number of carbonyl (C=O) groups excluding carboxylic acids is 1. The van der Waals surface area contributed by atoms with Crippen molar-refractivity contribution in [3.8, 4) is 0 Å². The fourth-order valence-electron chi connectivity index (χ4n) is 3.93. The Hall–Kier alpha value is -1.85. The number of hydrogen-bond donors (Lipinski definition) is 0. The van der Waals surface area contributed by atoms with E-state index in [1.54, 1.807) is 7.11 Å². The zero-order chi connectivity index (χ0) is 16.0. The molecule has 0 N–H and O–H groups in total. The summed E-state index contributed by atoms with van der Waals surface area (Å²) in [6, 6.07) is 7.85. The number of furan rings is 1. The van der Waals surface area contributed by atoms with Gasteiger partial charge in [-0.3, -0.25) is 4.79 Å². The molecule has 1 aromatic carbocycles. The predicted octanol–water partition coefficient (Wildman–Crippen LogP) is 2.76. The van der Waals surface area contributed by atoms with E-state index < -0.39 is 0 Å². The van der Waals surface area contributed by atoms with E-state index in [-0.39, 0.29) is 24.2 Å². The Morgan fingerprint density at radius 1 is 1.30 bits per heavy atom. The number of carbonyl (C=O) groups is 1. The second-order valence-corrected chi connectivity index (χ2v) is 6.31. The third kappa shape index (κ3) is 2.26. The number of aryl methyl sites for hydroxylation is 1. The van der Waals surface area contributed by atoms with Gasteiger partial charge in [-0.25, -0.2) is 0 Å². The highest BCUT2D eigenvalue weighted by atomic mass is 16.5. The van der Waals surface area contributed by atoms with Gasteiger partial charge in [0.25, 0.3) is 5.91 Å². The number of methoxy groups -OCH3 is 1. The molecule has 0 bridgehead atoms. The summed E-state index contributed by atoms with van der Waals surface area (Å²) in [4.78, 5) is 15.0. The number of rotatable bonds is 2. The molecule has 1 aliphatic heterocycles. The maximum absolute atomic E-state index is 13.1. The minimum Gasteiger partial charge on any atom is -0.451 e. The molecule has 0 unspecified atom stereocenters. The Balaban J connectivity index is 1.66. The minimum absolute atomic E-state index is 0.0256. The van der Waals surface area contributed by atoms with Gasteiger partial charge in [0.2, 0.25) is 0 Å². The van der Waals surface area contributed by atoms with Crippen LogP contribution in [0.15, 0.2) is 28.7 Å². The van der Waals surface area contributed by atoms with Gasteiger partial charge >= 0.3 is 0 Å². The van der Waals surface area contributed by atoms with Gasteiger partial charge in [-0.05, 0) is 25.8 Å². The van der Waals surface area contributed by atoms with Crippen LogP contribution in [-0.2, 0) is 9.47 Å². The SMILES string of the molecule is CO[C@H]1CC[C@H]2[C@H]1OCCN2C(=O)c1oc2ccccc2c1C. The van der Waals surface area contributed by atoms with Crippen LogP contribution < -0.4 is 0 Å². The number of hydrogen-bond acceptors (Lipinski definition) is 4. The van der Waals surface area contributed by atoms with Gasteiger partial charge in [0.15, 0.2) is 5.76 Å². The molecule has 0 spiro atoms. The van der Waals surface area contributed by atoms with E-state index in [0.29, 0.717) is 18.9 Å². The number of amides is 1. The summed E-state index contributed by atoms with van der Waals surface area (Å²) in [6.45, 7) is 3.10. The van der Waals surface area contributed by atoms with Crippen LogP contribution in [-0.4, -0.2) is 49.3 Å². The molecule has 1 saturated carbocycles. The smallest absolute Gasteiger partial charge is 0.290 e. The maximum Gasteiger partial charge on any atom is 0.290 e. The zero-order valence-electron chi connectivity index (χ0n) is 13.5.